The van der Waals surface area contributed by atoms with Crippen LogP contribution in [0.4, 0.5) is 0 Å². The van der Waals surface area contributed by atoms with E-state index in [1.807, 2.05) is 0 Å². The van der Waals surface area contributed by atoms with Gasteiger partial charge in [0.25, 0.3) is 0 Å². The number of nitrogens with two attached hydrogens (primary N) is 1. The van der Waals surface area contributed by atoms with E-state index < -0.39 is 0 Å². The summed E-state index contributed by atoms with van der Waals surface area (Å²) in [6.07, 6.45) is 8.10. The van der Waals surface area contributed by atoms with Crippen molar-refractivity contribution in [2.75, 3.05) is 0 Å². The molecule has 2 heterocycles. The van der Waals surface area contributed by atoms with Crippen molar-refractivity contribution < 1.29 is 0 Å². The zero-order chi connectivity index (χ0) is 9.80. The normalized spacial score (nSPS) is 12.4. The van der Waals surface area contributed by atoms with E-state index >= 15 is 0 Å². The molecule has 0 fully saturated rings. The fourth-order valence-electron chi connectivity index (χ4n) is 1.09. The van der Waals surface area contributed by atoms with E-state index in [-0.39, 0.29) is 6.04 Å². The van der Waals surface area contributed by atoms with Crippen LogP contribution in [0.15, 0.2) is 37.2 Å². The largest absolute Gasteiger partial charge is 0.318 e. The summed E-state index contributed by atoms with van der Waals surface area (Å²) in [5.41, 5.74) is 6.72. The Hall–Kier alpha value is -1.88. The highest BCUT2D eigenvalue weighted by Crippen LogP contribution is 2.12. The van der Waals surface area contributed by atoms with Crippen molar-refractivity contribution in [1.82, 2.24) is 19.9 Å². The van der Waals surface area contributed by atoms with Gasteiger partial charge in [-0.1, -0.05) is 0 Å². The highest BCUT2D eigenvalue weighted by atomic mass is 14.9. The average Bonchev–Trinajstić information content (AvgIpc) is 2.30. The van der Waals surface area contributed by atoms with Gasteiger partial charge in [0, 0.05) is 30.4 Å². The molecule has 0 aliphatic carbocycles. The molecule has 5 nitrogen and oxygen atoms in total. The van der Waals surface area contributed by atoms with Crippen molar-refractivity contribution in [3.63, 3.8) is 0 Å². The lowest BCUT2D eigenvalue weighted by atomic mass is 10.1. The molecule has 0 aliphatic heterocycles. The molecule has 14 heavy (non-hydrogen) atoms. The summed E-state index contributed by atoms with van der Waals surface area (Å²) in [7, 11) is 0. The minimum atomic E-state index is -0.364. The van der Waals surface area contributed by atoms with Crippen LogP contribution in [0.5, 0.6) is 0 Å². The molecule has 0 saturated carbocycles. The molecule has 2 N–H and O–H groups in total. The molecule has 0 aliphatic rings. The van der Waals surface area contributed by atoms with E-state index in [1.165, 1.54) is 6.33 Å². The predicted molar refractivity (Wildman–Crippen MR) is 50.1 cm³/mol. The van der Waals surface area contributed by atoms with Crippen molar-refractivity contribution in [3.8, 4) is 0 Å². The van der Waals surface area contributed by atoms with E-state index in [0.717, 1.165) is 5.56 Å². The van der Waals surface area contributed by atoms with Gasteiger partial charge in [-0.15, -0.1) is 0 Å². The lowest BCUT2D eigenvalue weighted by Crippen LogP contribution is -2.15. The Morgan fingerprint density at radius 2 is 1.71 bits per heavy atom. The molecule has 0 aromatic carbocycles. The van der Waals surface area contributed by atoms with E-state index in [0.29, 0.717) is 5.82 Å². The average molecular weight is 187 g/mol. The fourth-order valence-corrected chi connectivity index (χ4v) is 1.09. The molecule has 1 atom stereocenters. The Balaban J connectivity index is 2.30. The Morgan fingerprint density at radius 3 is 2.36 bits per heavy atom. The maximum atomic E-state index is 5.91. The Kier molecular flexibility index (Phi) is 2.42. The minimum Gasteiger partial charge on any atom is -0.318 e. The maximum Gasteiger partial charge on any atom is 0.149 e. The maximum absolute atomic E-state index is 5.91. The molecule has 0 amide bonds. The van der Waals surface area contributed by atoms with Gasteiger partial charge in [0.1, 0.15) is 12.2 Å². The van der Waals surface area contributed by atoms with Gasteiger partial charge in [0.05, 0.1) is 6.04 Å². The van der Waals surface area contributed by atoms with Crippen LogP contribution >= 0.6 is 0 Å². The van der Waals surface area contributed by atoms with Crippen LogP contribution in [0.2, 0.25) is 0 Å². The molecule has 0 bridgehead atoms. The molecule has 5 heteroatoms. The van der Waals surface area contributed by atoms with Gasteiger partial charge in [0.15, 0.2) is 0 Å². The van der Waals surface area contributed by atoms with Crippen molar-refractivity contribution in [2.24, 2.45) is 5.73 Å². The lowest BCUT2D eigenvalue weighted by molar-refractivity contribution is 0.770. The summed E-state index contributed by atoms with van der Waals surface area (Å²) in [6.45, 7) is 0. The van der Waals surface area contributed by atoms with Gasteiger partial charge in [0.2, 0.25) is 0 Å². The summed E-state index contributed by atoms with van der Waals surface area (Å²) >= 11 is 0. The quantitative estimate of drug-likeness (QED) is 0.732. The van der Waals surface area contributed by atoms with Crippen LogP contribution in [-0.2, 0) is 0 Å². The molecular weight excluding hydrogens is 178 g/mol. The first-order valence-electron chi connectivity index (χ1n) is 4.15. The monoisotopic (exact) mass is 187 g/mol. The number of aromatic nitrogens is 4. The van der Waals surface area contributed by atoms with Crippen molar-refractivity contribution in [3.05, 3.63) is 48.6 Å². The van der Waals surface area contributed by atoms with Gasteiger partial charge in [-0.25, -0.2) is 19.9 Å². The SMILES string of the molecule is NC(c1cncnc1)c1ncccn1. The molecule has 2 rings (SSSR count). The summed E-state index contributed by atoms with van der Waals surface area (Å²) in [6, 6.07) is 1.38. The third-order valence-corrected chi connectivity index (χ3v) is 1.80. The lowest BCUT2D eigenvalue weighted by Gasteiger charge is -2.08. The van der Waals surface area contributed by atoms with Crippen LogP contribution in [0.3, 0.4) is 0 Å². The molecule has 2 aromatic rings. The topological polar surface area (TPSA) is 77.6 Å². The van der Waals surface area contributed by atoms with E-state index in [1.54, 1.807) is 30.9 Å². The second-order valence-electron chi connectivity index (χ2n) is 2.76. The Labute approximate surface area is 81.1 Å². The third kappa shape index (κ3) is 1.72. The zero-order valence-corrected chi connectivity index (χ0v) is 7.41. The van der Waals surface area contributed by atoms with Crippen LogP contribution < -0.4 is 5.73 Å². The van der Waals surface area contributed by atoms with Crippen LogP contribution in [-0.4, -0.2) is 19.9 Å². The standard InChI is InChI=1S/C9H9N5/c10-8(7-4-11-6-12-5-7)9-13-2-1-3-14-9/h1-6,8H,10H2. The van der Waals surface area contributed by atoms with Gasteiger partial charge >= 0.3 is 0 Å². The second-order valence-corrected chi connectivity index (χ2v) is 2.76. The smallest absolute Gasteiger partial charge is 0.149 e. The molecule has 0 radical (unpaired) electrons. The minimum absolute atomic E-state index is 0.364. The zero-order valence-electron chi connectivity index (χ0n) is 7.41. The highest BCUT2D eigenvalue weighted by molar-refractivity contribution is 5.17. The first-order valence-corrected chi connectivity index (χ1v) is 4.15. The number of rotatable bonds is 2. The summed E-state index contributed by atoms with van der Waals surface area (Å²) in [5, 5.41) is 0. The highest BCUT2D eigenvalue weighted by Gasteiger charge is 2.10. The molecular formula is C9H9N5. The first-order chi connectivity index (χ1) is 6.88. The van der Waals surface area contributed by atoms with Gasteiger partial charge in [-0.2, -0.15) is 0 Å². The summed E-state index contributed by atoms with van der Waals surface area (Å²) < 4.78 is 0. The van der Waals surface area contributed by atoms with Crippen molar-refractivity contribution in [2.45, 2.75) is 6.04 Å². The Bertz CT molecular complexity index is 349. The van der Waals surface area contributed by atoms with Crippen LogP contribution in [0.1, 0.15) is 17.4 Å². The third-order valence-electron chi connectivity index (χ3n) is 1.80. The van der Waals surface area contributed by atoms with Crippen LogP contribution in [0, 0.1) is 0 Å². The van der Waals surface area contributed by atoms with Gasteiger partial charge < -0.3 is 5.73 Å². The van der Waals surface area contributed by atoms with Crippen molar-refractivity contribution in [1.29, 1.82) is 0 Å². The van der Waals surface area contributed by atoms with Gasteiger partial charge in [-0.3, -0.25) is 0 Å². The summed E-state index contributed by atoms with van der Waals surface area (Å²) in [5.74, 6) is 0.572. The summed E-state index contributed by atoms with van der Waals surface area (Å²) in [4.78, 5) is 15.9. The molecule has 1 unspecified atom stereocenters. The van der Waals surface area contributed by atoms with Gasteiger partial charge in [-0.05, 0) is 6.07 Å². The molecule has 2 aromatic heterocycles. The molecule has 0 spiro atoms. The van der Waals surface area contributed by atoms with Crippen molar-refractivity contribution >= 4 is 0 Å². The Morgan fingerprint density at radius 1 is 1.07 bits per heavy atom. The molecule has 0 saturated heterocycles. The number of hydrogen-bond donors (Lipinski definition) is 1. The first kappa shape index (κ1) is 8.71. The van der Waals surface area contributed by atoms with E-state index in [9.17, 15) is 0 Å². The number of hydrogen-bond acceptors (Lipinski definition) is 5. The van der Waals surface area contributed by atoms with Crippen LogP contribution in [0.25, 0.3) is 0 Å². The predicted octanol–water partition coefficient (Wildman–Crippen LogP) is 0.315. The second kappa shape index (κ2) is 3.89. The number of nitrogens with zero attached hydrogens (tertiary/aromatic N) is 4. The van der Waals surface area contributed by atoms with E-state index in [2.05, 4.69) is 19.9 Å². The fraction of sp³-hybridized carbons (Fsp3) is 0.111. The molecule has 70 valence electrons. The van der Waals surface area contributed by atoms with E-state index in [4.69, 9.17) is 5.73 Å².